The van der Waals surface area contributed by atoms with E-state index in [1.54, 1.807) is 0 Å². The van der Waals surface area contributed by atoms with Crippen molar-refractivity contribution in [3.8, 4) is 0 Å². The molecule has 1 aromatic rings. The molecule has 1 rings (SSSR count). The highest BCUT2D eigenvalue weighted by atomic mass is 127. The molecule has 0 amide bonds. The van der Waals surface area contributed by atoms with Crippen LogP contribution in [0.1, 0.15) is 37.5 Å². The minimum Gasteiger partial charge on any atom is -0.0560 e. The number of rotatable bonds is 0. The topological polar surface area (TPSA) is 0 Å². The Labute approximate surface area is 94.9 Å². The highest BCUT2D eigenvalue weighted by molar-refractivity contribution is 14.1. The molecule has 0 unspecified atom stereocenters. The fourth-order valence-electron chi connectivity index (χ4n) is 1.50. The molecule has 0 aliphatic carbocycles. The zero-order chi connectivity index (χ0) is 10.2. The summed E-state index contributed by atoms with van der Waals surface area (Å²) >= 11 is 2.45. The lowest BCUT2D eigenvalue weighted by molar-refractivity contribution is 0.585. The highest BCUT2D eigenvalue weighted by Gasteiger charge is 2.18. The minimum atomic E-state index is 0.257. The first-order chi connectivity index (χ1) is 5.82. The zero-order valence-corrected chi connectivity index (χ0v) is 11.2. The van der Waals surface area contributed by atoms with Crippen LogP contribution in [0.2, 0.25) is 0 Å². The molecule has 0 radical (unpaired) electrons. The summed E-state index contributed by atoms with van der Waals surface area (Å²) in [6, 6.07) is 4.55. The molecule has 0 N–H and O–H groups in total. The van der Waals surface area contributed by atoms with Crippen LogP contribution >= 0.6 is 22.6 Å². The normalized spacial score (nSPS) is 11.8. The summed E-state index contributed by atoms with van der Waals surface area (Å²) in [6.07, 6.45) is 0. The molecule has 0 nitrogen and oxygen atoms in total. The van der Waals surface area contributed by atoms with E-state index in [0.29, 0.717) is 0 Å². The van der Waals surface area contributed by atoms with Gasteiger partial charge in [0, 0.05) is 3.57 Å². The number of halogens is 1. The maximum Gasteiger partial charge on any atom is 0.0197 e. The van der Waals surface area contributed by atoms with Crippen LogP contribution < -0.4 is 0 Å². The maximum atomic E-state index is 2.45. The maximum absolute atomic E-state index is 2.45. The van der Waals surface area contributed by atoms with E-state index in [1.165, 1.54) is 20.3 Å². The Bertz CT molecular complexity index is 319. The van der Waals surface area contributed by atoms with E-state index >= 15 is 0 Å². The smallest absolute Gasteiger partial charge is 0.0197 e. The Balaban J connectivity index is 3.37. The van der Waals surface area contributed by atoms with E-state index < -0.39 is 0 Å². The third kappa shape index (κ3) is 2.46. The summed E-state index contributed by atoms with van der Waals surface area (Å²) in [5.74, 6) is 0. The van der Waals surface area contributed by atoms with Crippen molar-refractivity contribution in [3.05, 3.63) is 32.4 Å². The third-order valence-electron chi connectivity index (χ3n) is 2.21. The van der Waals surface area contributed by atoms with Gasteiger partial charge in [0.15, 0.2) is 0 Å². The summed E-state index contributed by atoms with van der Waals surface area (Å²) in [5, 5.41) is 0. The van der Waals surface area contributed by atoms with Crippen LogP contribution in [0, 0.1) is 17.4 Å². The molecular weight excluding hydrogens is 271 g/mol. The summed E-state index contributed by atoms with van der Waals surface area (Å²) in [5.41, 5.74) is 4.48. The van der Waals surface area contributed by atoms with Gasteiger partial charge in [0.25, 0.3) is 0 Å². The number of hydrogen-bond acceptors (Lipinski definition) is 0. The standard InChI is InChI=1S/C12H17I/c1-8-6-9(2)11(13)10(7-8)12(3,4)5/h6-7H,1-5H3. The molecule has 0 atom stereocenters. The van der Waals surface area contributed by atoms with Crippen molar-refractivity contribution in [2.45, 2.75) is 40.0 Å². The molecule has 0 fully saturated rings. The van der Waals surface area contributed by atoms with Crippen molar-refractivity contribution >= 4 is 22.6 Å². The quantitative estimate of drug-likeness (QED) is 0.627. The Hall–Kier alpha value is -0.0500. The molecule has 0 aliphatic heterocycles. The van der Waals surface area contributed by atoms with Gasteiger partial charge in [-0.1, -0.05) is 38.5 Å². The lowest BCUT2D eigenvalue weighted by atomic mass is 9.85. The van der Waals surface area contributed by atoms with Gasteiger partial charge in [-0.05, 0) is 53.0 Å². The Morgan fingerprint density at radius 2 is 1.62 bits per heavy atom. The first kappa shape index (κ1) is 11.0. The fraction of sp³-hybridized carbons (Fsp3) is 0.500. The van der Waals surface area contributed by atoms with Crippen LogP contribution in [0.3, 0.4) is 0 Å². The molecule has 13 heavy (non-hydrogen) atoms. The molecule has 1 aromatic carbocycles. The van der Waals surface area contributed by atoms with Crippen LogP contribution in [0.5, 0.6) is 0 Å². The Morgan fingerprint density at radius 3 is 2.08 bits per heavy atom. The van der Waals surface area contributed by atoms with Crippen molar-refractivity contribution in [2.75, 3.05) is 0 Å². The molecule has 0 saturated heterocycles. The monoisotopic (exact) mass is 288 g/mol. The van der Waals surface area contributed by atoms with Crippen molar-refractivity contribution in [2.24, 2.45) is 0 Å². The lowest BCUT2D eigenvalue weighted by Crippen LogP contribution is -2.14. The van der Waals surface area contributed by atoms with Crippen molar-refractivity contribution < 1.29 is 0 Å². The SMILES string of the molecule is Cc1cc(C)c(I)c(C(C)(C)C)c1. The molecule has 0 bridgehead atoms. The summed E-state index contributed by atoms with van der Waals surface area (Å²) in [7, 11) is 0. The molecule has 72 valence electrons. The molecule has 1 heteroatoms. The van der Waals surface area contributed by atoms with E-state index in [4.69, 9.17) is 0 Å². The predicted octanol–water partition coefficient (Wildman–Crippen LogP) is 4.21. The number of hydrogen-bond donors (Lipinski definition) is 0. The molecular formula is C12H17I. The van der Waals surface area contributed by atoms with Gasteiger partial charge < -0.3 is 0 Å². The van der Waals surface area contributed by atoms with Gasteiger partial charge in [-0.2, -0.15) is 0 Å². The van der Waals surface area contributed by atoms with Gasteiger partial charge in [0.2, 0.25) is 0 Å². The third-order valence-corrected chi connectivity index (χ3v) is 3.64. The van der Waals surface area contributed by atoms with Gasteiger partial charge >= 0.3 is 0 Å². The van der Waals surface area contributed by atoms with Crippen LogP contribution in [0.15, 0.2) is 12.1 Å². The van der Waals surface area contributed by atoms with Crippen LogP contribution in [0.25, 0.3) is 0 Å². The first-order valence-electron chi connectivity index (χ1n) is 4.59. The van der Waals surface area contributed by atoms with E-state index in [-0.39, 0.29) is 5.41 Å². The molecule has 0 saturated carbocycles. The molecule has 0 aromatic heterocycles. The molecule has 0 spiro atoms. The average Bonchev–Trinajstić information content (AvgIpc) is 1.94. The van der Waals surface area contributed by atoms with Gasteiger partial charge in [-0.25, -0.2) is 0 Å². The second-order valence-electron chi connectivity index (χ2n) is 4.69. The van der Waals surface area contributed by atoms with Gasteiger partial charge in [0.05, 0.1) is 0 Å². The fourth-order valence-corrected chi connectivity index (χ4v) is 2.62. The second kappa shape index (κ2) is 3.60. The van der Waals surface area contributed by atoms with Crippen molar-refractivity contribution in [1.29, 1.82) is 0 Å². The van der Waals surface area contributed by atoms with Gasteiger partial charge in [0.1, 0.15) is 0 Å². The highest BCUT2D eigenvalue weighted by Crippen LogP contribution is 2.29. The van der Waals surface area contributed by atoms with Crippen molar-refractivity contribution in [3.63, 3.8) is 0 Å². The van der Waals surface area contributed by atoms with Crippen LogP contribution in [0.4, 0.5) is 0 Å². The predicted molar refractivity (Wildman–Crippen MR) is 67.3 cm³/mol. The molecule has 0 aliphatic rings. The van der Waals surface area contributed by atoms with E-state index in [2.05, 4.69) is 69.3 Å². The number of benzene rings is 1. The summed E-state index contributed by atoms with van der Waals surface area (Å²) < 4.78 is 1.41. The molecule has 0 heterocycles. The lowest BCUT2D eigenvalue weighted by Gasteiger charge is -2.22. The van der Waals surface area contributed by atoms with E-state index in [0.717, 1.165) is 0 Å². The second-order valence-corrected chi connectivity index (χ2v) is 5.77. The zero-order valence-electron chi connectivity index (χ0n) is 9.03. The van der Waals surface area contributed by atoms with Gasteiger partial charge in [-0.3, -0.25) is 0 Å². The summed E-state index contributed by atoms with van der Waals surface area (Å²) in [4.78, 5) is 0. The van der Waals surface area contributed by atoms with Gasteiger partial charge in [-0.15, -0.1) is 0 Å². The average molecular weight is 288 g/mol. The van der Waals surface area contributed by atoms with E-state index in [9.17, 15) is 0 Å². The Morgan fingerprint density at radius 1 is 1.08 bits per heavy atom. The first-order valence-corrected chi connectivity index (χ1v) is 5.67. The number of aryl methyl sites for hydroxylation is 2. The van der Waals surface area contributed by atoms with E-state index in [1.807, 2.05) is 0 Å². The Kier molecular flexibility index (Phi) is 3.05. The minimum absolute atomic E-state index is 0.257. The van der Waals surface area contributed by atoms with Crippen LogP contribution in [-0.4, -0.2) is 0 Å². The van der Waals surface area contributed by atoms with Crippen LogP contribution in [-0.2, 0) is 5.41 Å². The summed E-state index contributed by atoms with van der Waals surface area (Å²) in [6.45, 7) is 11.2. The largest absolute Gasteiger partial charge is 0.0560 e. The van der Waals surface area contributed by atoms with Crippen molar-refractivity contribution in [1.82, 2.24) is 0 Å².